The third-order valence-electron chi connectivity index (χ3n) is 3.01. The van der Waals surface area contributed by atoms with E-state index in [0.29, 0.717) is 16.6 Å². The lowest BCUT2D eigenvalue weighted by atomic mass is 10.1. The largest absolute Gasteiger partial charge is 0.507 e. The monoisotopic (exact) mass is 253 g/mol. The van der Waals surface area contributed by atoms with Crippen LogP contribution in [0.1, 0.15) is 15.9 Å². The van der Waals surface area contributed by atoms with E-state index in [1.54, 1.807) is 37.3 Å². The summed E-state index contributed by atoms with van der Waals surface area (Å²) in [6.07, 6.45) is 0. The molecular formula is C14H11N3O2. The summed E-state index contributed by atoms with van der Waals surface area (Å²) >= 11 is 0. The van der Waals surface area contributed by atoms with Gasteiger partial charge in [0, 0.05) is 0 Å². The molecular weight excluding hydrogens is 242 g/mol. The third-order valence-corrected chi connectivity index (χ3v) is 3.01. The molecule has 1 aromatic heterocycles. The molecule has 0 saturated heterocycles. The van der Waals surface area contributed by atoms with Gasteiger partial charge in [-0.25, -0.2) is 0 Å². The molecule has 5 nitrogen and oxygen atoms in total. The van der Waals surface area contributed by atoms with Crippen LogP contribution in [0.25, 0.3) is 11.0 Å². The van der Waals surface area contributed by atoms with Crippen LogP contribution in [0.2, 0.25) is 0 Å². The number of aromatic hydroxyl groups is 1. The second-order valence-electron chi connectivity index (χ2n) is 4.27. The van der Waals surface area contributed by atoms with E-state index >= 15 is 0 Å². The number of phenolic OH excluding ortho intramolecular Hbond substituents is 1. The van der Waals surface area contributed by atoms with E-state index in [-0.39, 0.29) is 11.3 Å². The molecule has 3 aromatic rings. The van der Waals surface area contributed by atoms with Crippen molar-refractivity contribution >= 4 is 16.9 Å². The Kier molecular flexibility index (Phi) is 2.52. The molecule has 0 aliphatic carbocycles. The first-order valence-electron chi connectivity index (χ1n) is 5.82. The van der Waals surface area contributed by atoms with E-state index in [2.05, 4.69) is 10.3 Å². The highest BCUT2D eigenvalue weighted by molar-refractivity contribution is 6.02. The number of phenols is 1. The van der Waals surface area contributed by atoms with Gasteiger partial charge in [-0.05, 0) is 30.7 Å². The summed E-state index contributed by atoms with van der Waals surface area (Å²) in [6.45, 7) is 1.74. The summed E-state index contributed by atoms with van der Waals surface area (Å²) in [7, 11) is 0. The van der Waals surface area contributed by atoms with Crippen molar-refractivity contribution < 1.29 is 9.90 Å². The van der Waals surface area contributed by atoms with Crippen LogP contribution in [0.15, 0.2) is 42.5 Å². The Morgan fingerprint density at radius 1 is 1.16 bits per heavy atom. The Balaban J connectivity index is 2.17. The fourth-order valence-electron chi connectivity index (χ4n) is 1.96. The molecule has 3 rings (SSSR count). The topological polar surface area (TPSA) is 68.0 Å². The quantitative estimate of drug-likeness (QED) is 0.721. The minimum Gasteiger partial charge on any atom is -0.507 e. The lowest BCUT2D eigenvalue weighted by molar-refractivity contribution is 0.0945. The maximum absolute atomic E-state index is 12.4. The molecule has 2 aromatic carbocycles. The third kappa shape index (κ3) is 1.76. The fourth-order valence-corrected chi connectivity index (χ4v) is 1.96. The van der Waals surface area contributed by atoms with E-state index in [4.69, 9.17) is 0 Å². The van der Waals surface area contributed by atoms with Gasteiger partial charge in [-0.15, -0.1) is 5.10 Å². The Morgan fingerprint density at radius 3 is 2.79 bits per heavy atom. The van der Waals surface area contributed by atoms with Crippen molar-refractivity contribution in [2.45, 2.75) is 6.92 Å². The highest BCUT2D eigenvalue weighted by atomic mass is 16.3. The minimum atomic E-state index is -0.394. The van der Waals surface area contributed by atoms with Gasteiger partial charge >= 0.3 is 0 Å². The smallest absolute Gasteiger partial charge is 0.283 e. The van der Waals surface area contributed by atoms with Crippen LogP contribution in [0.3, 0.4) is 0 Å². The summed E-state index contributed by atoms with van der Waals surface area (Å²) in [5.74, 6) is -0.415. The van der Waals surface area contributed by atoms with Crippen LogP contribution >= 0.6 is 0 Å². The second kappa shape index (κ2) is 4.20. The second-order valence-corrected chi connectivity index (χ2v) is 4.27. The Hall–Kier alpha value is -2.69. The standard InChI is InChI=1S/C14H11N3O2/c1-9-5-4-6-10(13(9)18)14(19)17-12-8-3-2-7-11(12)15-16-17/h2-8,18H,1H3. The van der Waals surface area contributed by atoms with Gasteiger partial charge in [0.15, 0.2) is 0 Å². The minimum absolute atomic E-state index is 0.0212. The van der Waals surface area contributed by atoms with E-state index in [9.17, 15) is 9.90 Å². The SMILES string of the molecule is Cc1cccc(C(=O)n2nnc3ccccc32)c1O. The molecule has 1 N–H and O–H groups in total. The zero-order valence-electron chi connectivity index (χ0n) is 10.2. The number of hydrogen-bond acceptors (Lipinski definition) is 4. The van der Waals surface area contributed by atoms with Crippen LogP contribution < -0.4 is 0 Å². The zero-order valence-corrected chi connectivity index (χ0v) is 10.2. The molecule has 0 spiro atoms. The first-order chi connectivity index (χ1) is 9.18. The number of nitrogens with zero attached hydrogens (tertiary/aromatic N) is 3. The van der Waals surface area contributed by atoms with Crippen molar-refractivity contribution in [1.29, 1.82) is 0 Å². The van der Waals surface area contributed by atoms with Crippen LogP contribution in [0, 0.1) is 6.92 Å². The summed E-state index contributed by atoms with van der Waals surface area (Å²) in [5, 5.41) is 17.7. The Labute approximate surface area is 109 Å². The van der Waals surface area contributed by atoms with Gasteiger partial charge in [0.1, 0.15) is 11.3 Å². The molecule has 0 aliphatic heterocycles. The first kappa shape index (κ1) is 11.4. The van der Waals surface area contributed by atoms with Crippen molar-refractivity contribution in [1.82, 2.24) is 15.0 Å². The van der Waals surface area contributed by atoms with Crippen molar-refractivity contribution in [3.8, 4) is 5.75 Å². The van der Waals surface area contributed by atoms with Gasteiger partial charge in [0.2, 0.25) is 0 Å². The van der Waals surface area contributed by atoms with Crippen LogP contribution in [0.4, 0.5) is 0 Å². The summed E-state index contributed by atoms with van der Waals surface area (Å²) < 4.78 is 1.20. The normalized spacial score (nSPS) is 10.8. The van der Waals surface area contributed by atoms with Crippen molar-refractivity contribution in [2.24, 2.45) is 0 Å². The van der Waals surface area contributed by atoms with Crippen LogP contribution in [-0.4, -0.2) is 26.0 Å². The maximum Gasteiger partial charge on any atom is 0.283 e. The number of carbonyl (C=O) groups excluding carboxylic acids is 1. The number of aryl methyl sites for hydroxylation is 1. The lowest BCUT2D eigenvalue weighted by Gasteiger charge is -2.05. The highest BCUT2D eigenvalue weighted by Gasteiger charge is 2.17. The number of aromatic nitrogens is 3. The Bertz CT molecular complexity index is 777. The van der Waals surface area contributed by atoms with Gasteiger partial charge in [0.25, 0.3) is 5.91 Å². The molecule has 0 fully saturated rings. The molecule has 0 amide bonds. The molecule has 0 atom stereocenters. The van der Waals surface area contributed by atoms with E-state index in [1.807, 2.05) is 12.1 Å². The average molecular weight is 253 g/mol. The van der Waals surface area contributed by atoms with E-state index in [0.717, 1.165) is 0 Å². The average Bonchev–Trinajstić information content (AvgIpc) is 2.85. The Morgan fingerprint density at radius 2 is 1.95 bits per heavy atom. The molecule has 0 unspecified atom stereocenters. The molecule has 0 saturated carbocycles. The lowest BCUT2D eigenvalue weighted by Crippen LogP contribution is -2.14. The predicted octanol–water partition coefficient (Wildman–Crippen LogP) is 2.13. The zero-order chi connectivity index (χ0) is 13.4. The van der Waals surface area contributed by atoms with Crippen molar-refractivity contribution in [2.75, 3.05) is 0 Å². The molecule has 0 radical (unpaired) electrons. The van der Waals surface area contributed by atoms with E-state index < -0.39 is 5.91 Å². The van der Waals surface area contributed by atoms with Crippen LogP contribution in [0.5, 0.6) is 5.75 Å². The molecule has 19 heavy (non-hydrogen) atoms. The first-order valence-corrected chi connectivity index (χ1v) is 5.82. The van der Waals surface area contributed by atoms with Crippen molar-refractivity contribution in [3.63, 3.8) is 0 Å². The number of para-hydroxylation sites is 2. The summed E-state index contributed by atoms with van der Waals surface area (Å²) in [4.78, 5) is 12.4. The van der Waals surface area contributed by atoms with Gasteiger partial charge in [-0.2, -0.15) is 4.68 Å². The van der Waals surface area contributed by atoms with Gasteiger partial charge in [-0.3, -0.25) is 4.79 Å². The van der Waals surface area contributed by atoms with E-state index in [1.165, 1.54) is 4.68 Å². The van der Waals surface area contributed by atoms with Gasteiger partial charge in [-0.1, -0.05) is 29.5 Å². The molecule has 94 valence electrons. The predicted molar refractivity (Wildman–Crippen MR) is 70.1 cm³/mol. The van der Waals surface area contributed by atoms with Gasteiger partial charge < -0.3 is 5.11 Å². The molecule has 1 heterocycles. The van der Waals surface area contributed by atoms with Gasteiger partial charge in [0.05, 0.1) is 11.1 Å². The number of fused-ring (bicyclic) bond motifs is 1. The molecule has 5 heteroatoms. The number of benzene rings is 2. The van der Waals surface area contributed by atoms with Crippen LogP contribution in [-0.2, 0) is 0 Å². The highest BCUT2D eigenvalue weighted by Crippen LogP contribution is 2.23. The summed E-state index contributed by atoms with van der Waals surface area (Å²) in [6, 6.07) is 12.2. The number of rotatable bonds is 1. The summed E-state index contributed by atoms with van der Waals surface area (Å²) in [5.41, 5.74) is 2.13. The van der Waals surface area contributed by atoms with Crippen molar-refractivity contribution in [3.05, 3.63) is 53.6 Å². The fraction of sp³-hybridized carbons (Fsp3) is 0.0714. The molecule has 0 bridgehead atoms. The maximum atomic E-state index is 12.4. The number of carbonyl (C=O) groups is 1. The number of hydrogen-bond donors (Lipinski definition) is 1. The molecule has 0 aliphatic rings.